The van der Waals surface area contributed by atoms with Crippen molar-refractivity contribution in [3.05, 3.63) is 23.4 Å². The number of aromatic nitrogens is 1. The Balaban J connectivity index is 2.39. The van der Waals surface area contributed by atoms with Gasteiger partial charge in [0.2, 0.25) is 5.91 Å². The number of carbonyl (C=O) groups is 2. The zero-order valence-electron chi connectivity index (χ0n) is 10.6. The summed E-state index contributed by atoms with van der Waals surface area (Å²) < 4.78 is 0. The zero-order chi connectivity index (χ0) is 14.4. The second-order valence-corrected chi connectivity index (χ2v) is 4.49. The normalized spacial score (nSPS) is 11.8. The van der Waals surface area contributed by atoms with Gasteiger partial charge in [-0.2, -0.15) is 0 Å². The molecule has 2 amide bonds. The number of anilines is 2. The number of rotatable bonds is 2. The minimum atomic E-state index is -0.643. The van der Waals surface area contributed by atoms with Crippen molar-refractivity contribution in [3.63, 3.8) is 0 Å². The monoisotopic (exact) mass is 269 g/mol. The first-order valence-corrected chi connectivity index (χ1v) is 5.86. The highest BCUT2D eigenvalue weighted by molar-refractivity contribution is 6.18. The van der Waals surface area contributed by atoms with Crippen LogP contribution in [0.3, 0.4) is 0 Å². The number of amides is 2. The molecule has 1 aromatic heterocycles. The summed E-state index contributed by atoms with van der Waals surface area (Å²) in [5.74, 6) is -0.901. The summed E-state index contributed by atoms with van der Waals surface area (Å²) in [5.41, 5.74) is 13.9. The molecule has 1 aromatic carbocycles. The van der Waals surface area contributed by atoms with Crippen LogP contribution in [0, 0.1) is 0 Å². The number of aliphatic imine (C=N–C) groups is 1. The lowest BCUT2D eigenvalue weighted by Gasteiger charge is -2.11. The van der Waals surface area contributed by atoms with Crippen molar-refractivity contribution in [2.75, 3.05) is 11.1 Å². The lowest BCUT2D eigenvalue weighted by Crippen LogP contribution is -2.14. The minimum absolute atomic E-state index is 0.114. The molecule has 2 heterocycles. The number of nitrogen functional groups attached to an aromatic ring is 1. The van der Waals surface area contributed by atoms with E-state index in [0.29, 0.717) is 33.5 Å². The zero-order valence-corrected chi connectivity index (χ0v) is 10.6. The summed E-state index contributed by atoms with van der Waals surface area (Å²) in [4.78, 5) is 31.0. The number of nitrogens with one attached hydrogen (secondary N) is 1. The highest BCUT2D eigenvalue weighted by Gasteiger charge is 2.20. The van der Waals surface area contributed by atoms with Gasteiger partial charge in [0.15, 0.2) is 0 Å². The van der Waals surface area contributed by atoms with E-state index in [4.69, 9.17) is 11.5 Å². The Morgan fingerprint density at radius 2 is 2.05 bits per heavy atom. The lowest BCUT2D eigenvalue weighted by molar-refractivity contribution is -0.114. The third-order valence-electron chi connectivity index (χ3n) is 3.01. The number of nitrogens with zero attached hydrogens (tertiary/aromatic N) is 2. The number of carbonyl (C=O) groups excluding carboxylic acids is 2. The highest BCUT2D eigenvalue weighted by Crippen LogP contribution is 2.41. The molecule has 0 unspecified atom stereocenters. The van der Waals surface area contributed by atoms with Crippen molar-refractivity contribution < 1.29 is 9.59 Å². The van der Waals surface area contributed by atoms with Gasteiger partial charge in [-0.05, 0) is 12.1 Å². The summed E-state index contributed by atoms with van der Waals surface area (Å²) in [6.45, 7) is 1.38. The fourth-order valence-corrected chi connectivity index (χ4v) is 2.23. The maximum absolute atomic E-state index is 11.3. The van der Waals surface area contributed by atoms with Crippen LogP contribution in [-0.2, 0) is 4.79 Å². The number of benzene rings is 1. The predicted molar refractivity (Wildman–Crippen MR) is 76.2 cm³/mol. The third-order valence-corrected chi connectivity index (χ3v) is 3.01. The smallest absolute Gasteiger partial charge is 0.267 e. The number of primary amides is 1. The van der Waals surface area contributed by atoms with Crippen LogP contribution in [-0.4, -0.2) is 23.0 Å². The summed E-state index contributed by atoms with van der Waals surface area (Å²) in [6.07, 6.45) is 1.60. The number of hydrogen-bond donors (Lipinski definition) is 3. The van der Waals surface area contributed by atoms with Gasteiger partial charge < -0.3 is 16.8 Å². The Bertz CT molecular complexity index is 810. The molecule has 20 heavy (non-hydrogen) atoms. The van der Waals surface area contributed by atoms with Crippen LogP contribution in [0.2, 0.25) is 0 Å². The fourth-order valence-electron chi connectivity index (χ4n) is 2.23. The summed E-state index contributed by atoms with van der Waals surface area (Å²) in [7, 11) is 0. The number of hydrogen-bond acceptors (Lipinski definition) is 5. The first kappa shape index (κ1) is 12.1. The van der Waals surface area contributed by atoms with E-state index < -0.39 is 5.91 Å². The predicted octanol–water partition coefficient (Wildman–Crippen LogP) is 0.938. The molecule has 0 saturated carbocycles. The van der Waals surface area contributed by atoms with Gasteiger partial charge in [-0.1, -0.05) is 0 Å². The van der Waals surface area contributed by atoms with Crippen LogP contribution >= 0.6 is 0 Å². The summed E-state index contributed by atoms with van der Waals surface area (Å²) >= 11 is 0. The topological polar surface area (TPSA) is 123 Å². The van der Waals surface area contributed by atoms with Gasteiger partial charge in [0.05, 0.1) is 22.6 Å². The van der Waals surface area contributed by atoms with Gasteiger partial charge in [0, 0.05) is 24.1 Å². The van der Waals surface area contributed by atoms with E-state index in [0.717, 1.165) is 0 Å². The summed E-state index contributed by atoms with van der Waals surface area (Å²) in [6, 6.07) is 3.13. The maximum atomic E-state index is 11.3. The molecule has 0 spiro atoms. The van der Waals surface area contributed by atoms with Gasteiger partial charge in [-0.15, -0.1) is 0 Å². The van der Waals surface area contributed by atoms with Gasteiger partial charge in [0.1, 0.15) is 5.69 Å². The number of nitrogens with two attached hydrogens (primary N) is 2. The molecule has 0 aliphatic carbocycles. The van der Waals surface area contributed by atoms with Gasteiger partial charge >= 0.3 is 0 Å². The summed E-state index contributed by atoms with van der Waals surface area (Å²) in [5, 5.41) is 3.36. The van der Waals surface area contributed by atoms with Crippen molar-refractivity contribution in [3.8, 4) is 0 Å². The van der Waals surface area contributed by atoms with Gasteiger partial charge in [0.25, 0.3) is 5.91 Å². The van der Waals surface area contributed by atoms with Crippen LogP contribution < -0.4 is 16.8 Å². The van der Waals surface area contributed by atoms with E-state index in [-0.39, 0.29) is 11.6 Å². The Morgan fingerprint density at radius 1 is 1.30 bits per heavy atom. The molecule has 2 aromatic rings. The van der Waals surface area contributed by atoms with E-state index in [2.05, 4.69) is 15.3 Å². The molecule has 7 heteroatoms. The van der Waals surface area contributed by atoms with E-state index in [9.17, 15) is 9.59 Å². The van der Waals surface area contributed by atoms with E-state index in [1.165, 1.54) is 6.92 Å². The van der Waals surface area contributed by atoms with Crippen LogP contribution in [0.25, 0.3) is 10.9 Å². The second-order valence-electron chi connectivity index (χ2n) is 4.49. The molecule has 0 radical (unpaired) electrons. The molecule has 0 atom stereocenters. The van der Waals surface area contributed by atoms with Crippen LogP contribution in [0.4, 0.5) is 17.1 Å². The SMILES string of the molecule is CC(=O)Nc1cc(N)c2c3c(cc(C(N)=O)nc13)C=N2. The Hall–Kier alpha value is -2.96. The molecule has 1 aliphatic rings. The van der Waals surface area contributed by atoms with Crippen LogP contribution in [0.5, 0.6) is 0 Å². The first-order valence-electron chi connectivity index (χ1n) is 5.86. The van der Waals surface area contributed by atoms with Gasteiger partial charge in [-0.3, -0.25) is 14.6 Å². The van der Waals surface area contributed by atoms with Crippen LogP contribution in [0.15, 0.2) is 17.1 Å². The highest BCUT2D eigenvalue weighted by atomic mass is 16.1. The van der Waals surface area contributed by atoms with E-state index in [1.54, 1.807) is 18.3 Å². The van der Waals surface area contributed by atoms with Crippen molar-refractivity contribution in [2.45, 2.75) is 6.92 Å². The van der Waals surface area contributed by atoms with Crippen molar-refractivity contribution >= 4 is 46.0 Å². The maximum Gasteiger partial charge on any atom is 0.267 e. The molecule has 0 fully saturated rings. The van der Waals surface area contributed by atoms with E-state index in [1.807, 2.05) is 0 Å². The molecular weight excluding hydrogens is 258 g/mol. The Labute approximate surface area is 113 Å². The molecule has 3 rings (SSSR count). The quantitative estimate of drug-likeness (QED) is 0.599. The average molecular weight is 269 g/mol. The standard InChI is InChI=1S/C13H11N5O2/c1-5(19)17-8-3-7(14)11-10-6(4-16-11)2-9(13(15)20)18-12(8)10/h2-4H,14H2,1H3,(H2,15,20)(H,17,19). The minimum Gasteiger partial charge on any atom is -0.397 e. The lowest BCUT2D eigenvalue weighted by atomic mass is 10.1. The number of pyridine rings is 1. The molecule has 5 N–H and O–H groups in total. The molecule has 7 nitrogen and oxygen atoms in total. The third kappa shape index (κ3) is 1.68. The fraction of sp³-hybridized carbons (Fsp3) is 0.0769. The molecule has 100 valence electrons. The van der Waals surface area contributed by atoms with Crippen LogP contribution in [0.1, 0.15) is 23.0 Å². The molecule has 0 bridgehead atoms. The second kappa shape index (κ2) is 4.02. The Morgan fingerprint density at radius 3 is 2.70 bits per heavy atom. The Kier molecular flexibility index (Phi) is 2.43. The molecular formula is C13H11N5O2. The van der Waals surface area contributed by atoms with E-state index >= 15 is 0 Å². The first-order chi connectivity index (χ1) is 9.47. The molecule has 1 aliphatic heterocycles. The van der Waals surface area contributed by atoms with Crippen molar-refractivity contribution in [1.82, 2.24) is 4.98 Å². The average Bonchev–Trinajstić information content (AvgIpc) is 2.79. The van der Waals surface area contributed by atoms with Crippen molar-refractivity contribution in [2.24, 2.45) is 10.7 Å². The van der Waals surface area contributed by atoms with Gasteiger partial charge in [-0.25, -0.2) is 4.98 Å². The van der Waals surface area contributed by atoms with Crippen molar-refractivity contribution in [1.29, 1.82) is 0 Å². The largest absolute Gasteiger partial charge is 0.397 e. The molecule has 0 saturated heterocycles.